The van der Waals surface area contributed by atoms with Crippen LogP contribution in [0.3, 0.4) is 0 Å². The van der Waals surface area contributed by atoms with Crippen LogP contribution in [0.5, 0.6) is 0 Å². The number of ether oxygens (including phenoxy) is 1. The van der Waals surface area contributed by atoms with E-state index in [0.29, 0.717) is 10.6 Å². The summed E-state index contributed by atoms with van der Waals surface area (Å²) in [4.78, 5) is 24.1. The van der Waals surface area contributed by atoms with Gasteiger partial charge in [0.1, 0.15) is 5.60 Å². The van der Waals surface area contributed by atoms with Gasteiger partial charge in [0.05, 0.1) is 11.1 Å². The Morgan fingerprint density at radius 2 is 1.83 bits per heavy atom. The van der Waals surface area contributed by atoms with Gasteiger partial charge in [0.25, 0.3) is 5.91 Å². The number of alkyl carbamates (subject to hydrolysis) is 1. The predicted octanol–water partition coefficient (Wildman–Crippen LogP) is 3.98. The maximum Gasteiger partial charge on any atom is 0.407 e. The van der Waals surface area contributed by atoms with Crippen molar-refractivity contribution in [2.24, 2.45) is 0 Å². The van der Waals surface area contributed by atoms with Gasteiger partial charge in [-0.05, 0) is 75.4 Å². The van der Waals surface area contributed by atoms with Gasteiger partial charge < -0.3 is 15.4 Å². The number of carbonyl (C=O) groups is 2. The summed E-state index contributed by atoms with van der Waals surface area (Å²) in [7, 11) is 0. The second-order valence-electron chi connectivity index (χ2n) is 6.82. The second kappa shape index (κ2) is 7.70. The lowest BCUT2D eigenvalue weighted by atomic mass is 10.0. The van der Waals surface area contributed by atoms with Crippen molar-refractivity contribution in [3.63, 3.8) is 0 Å². The van der Waals surface area contributed by atoms with Gasteiger partial charge >= 0.3 is 6.09 Å². The maximum absolute atomic E-state index is 12.4. The van der Waals surface area contributed by atoms with Gasteiger partial charge in [-0.2, -0.15) is 0 Å². The van der Waals surface area contributed by atoms with Gasteiger partial charge in [-0.1, -0.05) is 11.6 Å². The Morgan fingerprint density at radius 3 is 2.39 bits per heavy atom. The van der Waals surface area contributed by atoms with Crippen LogP contribution >= 0.6 is 34.2 Å². The number of amides is 2. The van der Waals surface area contributed by atoms with E-state index in [1.165, 1.54) is 0 Å². The molecule has 5 nitrogen and oxygen atoms in total. The van der Waals surface area contributed by atoms with Crippen molar-refractivity contribution in [3.8, 4) is 0 Å². The number of hydrogen-bond acceptors (Lipinski definition) is 3. The SMILES string of the molecule is CC(C)(CNC(=O)OC(C)(C)C)NC(=O)c1cc(Cl)ccc1I. The summed E-state index contributed by atoms with van der Waals surface area (Å²) in [5.41, 5.74) is -0.697. The molecule has 2 amide bonds. The van der Waals surface area contributed by atoms with Crippen LogP contribution in [0.2, 0.25) is 5.02 Å². The Morgan fingerprint density at radius 1 is 1.22 bits per heavy atom. The molecule has 0 heterocycles. The lowest BCUT2D eigenvalue weighted by Crippen LogP contribution is -2.52. The van der Waals surface area contributed by atoms with E-state index in [2.05, 4.69) is 33.2 Å². The van der Waals surface area contributed by atoms with Crippen molar-refractivity contribution in [1.82, 2.24) is 10.6 Å². The molecule has 0 spiro atoms. The molecule has 23 heavy (non-hydrogen) atoms. The molecule has 1 rings (SSSR count). The van der Waals surface area contributed by atoms with Crippen LogP contribution in [0.15, 0.2) is 18.2 Å². The summed E-state index contributed by atoms with van der Waals surface area (Å²) in [6, 6.07) is 5.13. The molecule has 0 bridgehead atoms. The van der Waals surface area contributed by atoms with Gasteiger partial charge in [-0.15, -0.1) is 0 Å². The smallest absolute Gasteiger partial charge is 0.407 e. The number of hydrogen-bond donors (Lipinski definition) is 2. The molecule has 0 fully saturated rings. The standard InChI is InChI=1S/C16H22ClIN2O3/c1-15(2,3)23-14(22)19-9-16(4,5)20-13(21)11-8-10(17)6-7-12(11)18/h6-8H,9H2,1-5H3,(H,19,22)(H,20,21). The molecule has 0 aliphatic rings. The van der Waals surface area contributed by atoms with E-state index in [9.17, 15) is 9.59 Å². The predicted molar refractivity (Wildman–Crippen MR) is 100.0 cm³/mol. The Bertz CT molecular complexity index is 597. The van der Waals surface area contributed by atoms with Crippen LogP contribution in [-0.4, -0.2) is 29.7 Å². The van der Waals surface area contributed by atoms with Crippen LogP contribution in [0.25, 0.3) is 0 Å². The number of rotatable bonds is 4. The first-order valence-corrected chi connectivity index (χ1v) is 8.60. The quantitative estimate of drug-likeness (QED) is 0.679. The Kier molecular flexibility index (Phi) is 6.70. The number of halogens is 2. The lowest BCUT2D eigenvalue weighted by Gasteiger charge is -2.28. The van der Waals surface area contributed by atoms with E-state index < -0.39 is 17.2 Å². The average molecular weight is 453 g/mol. The minimum absolute atomic E-state index is 0.241. The Hall–Kier alpha value is -1.02. The summed E-state index contributed by atoms with van der Waals surface area (Å²) in [5.74, 6) is -0.243. The summed E-state index contributed by atoms with van der Waals surface area (Å²) in [6.07, 6.45) is -0.517. The third-order valence-corrected chi connectivity index (χ3v) is 3.87. The van der Waals surface area contributed by atoms with E-state index in [1.54, 1.807) is 39.0 Å². The van der Waals surface area contributed by atoms with Gasteiger partial charge in [-0.3, -0.25) is 4.79 Å². The van der Waals surface area contributed by atoms with Gasteiger partial charge in [0.15, 0.2) is 0 Å². The fraction of sp³-hybridized carbons (Fsp3) is 0.500. The second-order valence-corrected chi connectivity index (χ2v) is 8.42. The van der Waals surface area contributed by atoms with Crippen LogP contribution < -0.4 is 10.6 Å². The molecule has 0 aliphatic heterocycles. The van der Waals surface area contributed by atoms with Crippen LogP contribution in [0.1, 0.15) is 45.0 Å². The normalized spacial score (nSPS) is 11.8. The van der Waals surface area contributed by atoms with Crippen molar-refractivity contribution < 1.29 is 14.3 Å². The monoisotopic (exact) mass is 452 g/mol. The highest BCUT2D eigenvalue weighted by Gasteiger charge is 2.24. The Balaban J connectivity index is 2.65. The van der Waals surface area contributed by atoms with E-state index >= 15 is 0 Å². The minimum atomic E-state index is -0.639. The first-order chi connectivity index (χ1) is 10.4. The van der Waals surface area contributed by atoms with Crippen molar-refractivity contribution in [1.29, 1.82) is 0 Å². The zero-order chi connectivity index (χ0) is 17.8. The molecular weight excluding hydrogens is 431 g/mol. The molecule has 7 heteroatoms. The number of benzene rings is 1. The Labute approximate surface area is 155 Å². The molecule has 0 unspecified atom stereocenters. The van der Waals surface area contributed by atoms with E-state index in [-0.39, 0.29) is 12.5 Å². The average Bonchev–Trinajstić information content (AvgIpc) is 2.37. The fourth-order valence-corrected chi connectivity index (χ4v) is 2.45. The molecule has 0 saturated heterocycles. The van der Waals surface area contributed by atoms with E-state index in [0.717, 1.165) is 3.57 Å². The van der Waals surface area contributed by atoms with Gasteiger partial charge in [0.2, 0.25) is 0 Å². The fourth-order valence-electron chi connectivity index (χ4n) is 1.70. The summed E-state index contributed by atoms with van der Waals surface area (Å²) >= 11 is 8.02. The largest absolute Gasteiger partial charge is 0.444 e. The molecule has 0 aromatic heterocycles. The lowest BCUT2D eigenvalue weighted by molar-refractivity contribution is 0.0509. The van der Waals surface area contributed by atoms with Crippen molar-refractivity contribution >= 4 is 46.2 Å². The maximum atomic E-state index is 12.4. The van der Waals surface area contributed by atoms with Gasteiger partial charge in [0, 0.05) is 15.1 Å². The van der Waals surface area contributed by atoms with Crippen molar-refractivity contribution in [2.45, 2.75) is 45.8 Å². The zero-order valence-electron chi connectivity index (χ0n) is 13.9. The topological polar surface area (TPSA) is 67.4 Å². The number of nitrogens with one attached hydrogen (secondary N) is 2. The van der Waals surface area contributed by atoms with Gasteiger partial charge in [-0.25, -0.2) is 4.79 Å². The first kappa shape index (κ1) is 20.0. The van der Waals surface area contributed by atoms with Crippen LogP contribution in [0.4, 0.5) is 4.79 Å². The summed E-state index contributed by atoms with van der Waals surface area (Å²) < 4.78 is 5.98. The van der Waals surface area contributed by atoms with E-state index in [4.69, 9.17) is 16.3 Å². The van der Waals surface area contributed by atoms with E-state index in [1.807, 2.05) is 13.8 Å². The molecule has 0 atom stereocenters. The third-order valence-electron chi connectivity index (χ3n) is 2.70. The number of carbonyl (C=O) groups excluding carboxylic acids is 2. The molecule has 0 saturated carbocycles. The highest BCUT2D eigenvalue weighted by molar-refractivity contribution is 14.1. The van der Waals surface area contributed by atoms with Crippen molar-refractivity contribution in [3.05, 3.63) is 32.4 Å². The molecule has 2 N–H and O–H groups in total. The highest BCUT2D eigenvalue weighted by atomic mass is 127. The molecule has 0 aliphatic carbocycles. The molecule has 1 aromatic carbocycles. The summed E-state index contributed by atoms with van der Waals surface area (Å²) in [6.45, 7) is 9.26. The molecule has 1 aromatic rings. The zero-order valence-corrected chi connectivity index (χ0v) is 16.8. The van der Waals surface area contributed by atoms with Crippen LogP contribution in [0, 0.1) is 3.57 Å². The molecule has 128 valence electrons. The summed E-state index contributed by atoms with van der Waals surface area (Å²) in [5, 5.41) is 6.04. The molecule has 0 radical (unpaired) electrons. The highest BCUT2D eigenvalue weighted by Crippen LogP contribution is 2.18. The molecular formula is C16H22ClIN2O3. The van der Waals surface area contributed by atoms with Crippen LogP contribution in [-0.2, 0) is 4.74 Å². The first-order valence-electron chi connectivity index (χ1n) is 7.14. The van der Waals surface area contributed by atoms with Crippen molar-refractivity contribution in [2.75, 3.05) is 6.54 Å². The third kappa shape index (κ3) is 7.39. The minimum Gasteiger partial charge on any atom is -0.444 e.